The maximum absolute atomic E-state index is 12.8. The first-order valence-electron chi connectivity index (χ1n) is 27.8. The van der Waals surface area contributed by atoms with Gasteiger partial charge in [-0.3, -0.25) is 14.4 Å². The molecule has 0 N–H and O–H groups in total. The van der Waals surface area contributed by atoms with Crippen LogP contribution in [0.3, 0.4) is 0 Å². The monoisotopic (exact) mass is 887 g/mol. The Kier molecular flexibility index (Phi) is 50.8. The lowest BCUT2D eigenvalue weighted by molar-refractivity contribution is -0.167. The molecule has 0 aromatic carbocycles. The summed E-state index contributed by atoms with van der Waals surface area (Å²) in [7, 11) is 0. The summed E-state index contributed by atoms with van der Waals surface area (Å²) in [6.07, 6.45) is 60.1. The molecule has 0 aliphatic rings. The molecule has 0 saturated heterocycles. The van der Waals surface area contributed by atoms with Crippen molar-refractivity contribution in [1.29, 1.82) is 0 Å². The molecule has 0 bridgehead atoms. The van der Waals surface area contributed by atoms with E-state index in [0.717, 1.165) is 77.0 Å². The molecule has 0 saturated carbocycles. The third-order valence-corrected chi connectivity index (χ3v) is 12.5. The maximum Gasteiger partial charge on any atom is 0.306 e. The van der Waals surface area contributed by atoms with Gasteiger partial charge in [0, 0.05) is 19.3 Å². The zero-order chi connectivity index (χ0) is 45.8. The van der Waals surface area contributed by atoms with Crippen molar-refractivity contribution in [3.8, 4) is 0 Å². The highest BCUT2D eigenvalue weighted by molar-refractivity contribution is 5.71. The number of rotatable bonds is 51. The normalized spacial score (nSPS) is 12.1. The van der Waals surface area contributed by atoms with Crippen LogP contribution in [0.4, 0.5) is 0 Å². The molecule has 0 spiro atoms. The van der Waals surface area contributed by atoms with Gasteiger partial charge in [-0.1, -0.05) is 257 Å². The van der Waals surface area contributed by atoms with E-state index in [-0.39, 0.29) is 31.1 Å². The Bertz CT molecular complexity index is 1020. The van der Waals surface area contributed by atoms with Crippen molar-refractivity contribution < 1.29 is 28.6 Å². The predicted octanol–water partition coefficient (Wildman–Crippen LogP) is 18.3. The van der Waals surface area contributed by atoms with E-state index in [4.69, 9.17) is 14.2 Å². The number of ether oxygens (including phenoxy) is 3. The number of allylic oxidation sites excluding steroid dienone is 4. The van der Waals surface area contributed by atoms with E-state index >= 15 is 0 Å². The Hall–Kier alpha value is -2.11. The Balaban J connectivity index is 4.35. The van der Waals surface area contributed by atoms with Gasteiger partial charge in [0.1, 0.15) is 13.2 Å². The van der Waals surface area contributed by atoms with E-state index in [9.17, 15) is 14.4 Å². The average Bonchev–Trinajstić information content (AvgIpc) is 3.28. The first-order chi connectivity index (χ1) is 31.0. The second-order valence-corrected chi connectivity index (χ2v) is 18.9. The smallest absolute Gasteiger partial charge is 0.306 e. The van der Waals surface area contributed by atoms with Crippen LogP contribution in [-0.2, 0) is 28.6 Å². The summed E-state index contributed by atoms with van der Waals surface area (Å²) in [4.78, 5) is 38.1. The van der Waals surface area contributed by atoms with Crippen molar-refractivity contribution in [2.24, 2.45) is 0 Å². The number of unbranched alkanes of at least 4 members (excludes halogenated alkanes) is 36. The lowest BCUT2D eigenvalue weighted by atomic mass is 10.0. The predicted molar refractivity (Wildman–Crippen MR) is 270 cm³/mol. The molecule has 6 heteroatoms. The van der Waals surface area contributed by atoms with Crippen LogP contribution in [-0.4, -0.2) is 37.2 Å². The third kappa shape index (κ3) is 50.7. The van der Waals surface area contributed by atoms with Crippen molar-refractivity contribution in [3.63, 3.8) is 0 Å². The molecule has 0 aromatic heterocycles. The third-order valence-electron chi connectivity index (χ3n) is 12.5. The summed E-state index contributed by atoms with van der Waals surface area (Å²) in [6, 6.07) is 0. The topological polar surface area (TPSA) is 78.9 Å². The molecule has 0 unspecified atom stereocenters. The first-order valence-corrected chi connectivity index (χ1v) is 27.8. The second-order valence-electron chi connectivity index (χ2n) is 18.9. The second kappa shape index (κ2) is 52.5. The van der Waals surface area contributed by atoms with Crippen molar-refractivity contribution in [3.05, 3.63) is 24.3 Å². The van der Waals surface area contributed by atoms with E-state index in [2.05, 4.69) is 45.1 Å². The fourth-order valence-electron chi connectivity index (χ4n) is 8.24. The quantitative estimate of drug-likeness (QED) is 0.0262. The van der Waals surface area contributed by atoms with Crippen molar-refractivity contribution in [1.82, 2.24) is 0 Å². The molecule has 0 amide bonds. The van der Waals surface area contributed by atoms with Gasteiger partial charge in [0.15, 0.2) is 6.10 Å². The minimum atomic E-state index is -0.773. The van der Waals surface area contributed by atoms with Crippen LogP contribution in [0.2, 0.25) is 0 Å². The molecular formula is C57H106O6. The molecule has 0 aliphatic carbocycles. The highest BCUT2D eigenvalue weighted by Crippen LogP contribution is 2.17. The summed E-state index contributed by atoms with van der Waals surface area (Å²) in [6.45, 7) is 6.64. The molecular weight excluding hydrogens is 781 g/mol. The molecule has 0 fully saturated rings. The van der Waals surface area contributed by atoms with E-state index in [0.29, 0.717) is 19.3 Å². The maximum atomic E-state index is 12.8. The fraction of sp³-hybridized carbons (Fsp3) is 0.877. The van der Waals surface area contributed by atoms with Gasteiger partial charge in [-0.05, 0) is 51.4 Å². The minimum absolute atomic E-state index is 0.0717. The molecule has 0 aliphatic heterocycles. The van der Waals surface area contributed by atoms with Gasteiger partial charge in [-0.25, -0.2) is 0 Å². The first kappa shape index (κ1) is 60.9. The zero-order valence-corrected chi connectivity index (χ0v) is 42.4. The number of hydrogen-bond acceptors (Lipinski definition) is 6. The molecule has 63 heavy (non-hydrogen) atoms. The van der Waals surface area contributed by atoms with Crippen LogP contribution in [0, 0.1) is 0 Å². The van der Waals surface area contributed by atoms with Crippen LogP contribution in [0.15, 0.2) is 24.3 Å². The molecule has 0 radical (unpaired) electrons. The number of hydrogen-bond donors (Lipinski definition) is 0. The number of esters is 3. The summed E-state index contributed by atoms with van der Waals surface area (Å²) in [5.41, 5.74) is 0. The van der Waals surface area contributed by atoms with E-state index in [1.807, 2.05) is 0 Å². The summed E-state index contributed by atoms with van der Waals surface area (Å²) in [5.74, 6) is -0.866. The highest BCUT2D eigenvalue weighted by atomic mass is 16.6. The van der Waals surface area contributed by atoms with Gasteiger partial charge >= 0.3 is 17.9 Å². The van der Waals surface area contributed by atoms with E-state index in [1.54, 1.807) is 0 Å². The molecule has 0 aromatic rings. The van der Waals surface area contributed by atoms with Crippen LogP contribution in [0.25, 0.3) is 0 Å². The van der Waals surface area contributed by atoms with Gasteiger partial charge in [0.25, 0.3) is 0 Å². The Labute approximate surface area is 392 Å². The summed E-state index contributed by atoms with van der Waals surface area (Å²) < 4.78 is 16.8. The lowest BCUT2D eigenvalue weighted by Crippen LogP contribution is -2.30. The average molecular weight is 887 g/mol. The van der Waals surface area contributed by atoms with Crippen LogP contribution >= 0.6 is 0 Å². The van der Waals surface area contributed by atoms with Crippen LogP contribution in [0.5, 0.6) is 0 Å². The van der Waals surface area contributed by atoms with Crippen molar-refractivity contribution in [2.75, 3.05) is 13.2 Å². The molecule has 6 nitrogen and oxygen atoms in total. The standard InChI is InChI=1S/C57H106O6/c1-4-7-10-13-16-19-22-25-28-30-32-35-38-41-44-47-50-56(59)62-53-54(52-61-55(58)49-46-43-40-37-34-31-27-24-21-18-15-12-9-6-3)63-57(60)51-48-45-42-39-36-33-29-26-23-20-17-14-11-8-5-2/h17,20,26,29,54H,4-16,18-19,21-25,27-28,30-53H2,1-3H3/b20-17+,29-26+/t54-/m1/s1. The van der Waals surface area contributed by atoms with E-state index in [1.165, 1.54) is 186 Å². The SMILES string of the molecule is CCCCC/C=C/C/C=C/CCCCCCCC(=O)O[C@H](COC(=O)CCCCCCCCCCCCCCCC)COC(=O)CCCCCCCCCCCCCCCCCC. The fourth-order valence-corrected chi connectivity index (χ4v) is 8.24. The minimum Gasteiger partial charge on any atom is -0.462 e. The van der Waals surface area contributed by atoms with Gasteiger partial charge < -0.3 is 14.2 Å². The molecule has 0 rings (SSSR count). The van der Waals surface area contributed by atoms with Gasteiger partial charge in [-0.15, -0.1) is 0 Å². The van der Waals surface area contributed by atoms with Gasteiger partial charge in [0.05, 0.1) is 0 Å². The Morgan fingerprint density at radius 2 is 0.571 bits per heavy atom. The summed E-state index contributed by atoms with van der Waals surface area (Å²) >= 11 is 0. The number of carbonyl (C=O) groups is 3. The number of carbonyl (C=O) groups excluding carboxylic acids is 3. The van der Waals surface area contributed by atoms with Crippen LogP contribution in [0.1, 0.15) is 303 Å². The zero-order valence-electron chi connectivity index (χ0n) is 42.4. The van der Waals surface area contributed by atoms with Crippen molar-refractivity contribution in [2.45, 2.75) is 309 Å². The molecule has 370 valence electrons. The van der Waals surface area contributed by atoms with Crippen molar-refractivity contribution >= 4 is 17.9 Å². The van der Waals surface area contributed by atoms with Gasteiger partial charge in [0.2, 0.25) is 0 Å². The van der Waals surface area contributed by atoms with E-state index < -0.39 is 6.10 Å². The Morgan fingerprint density at radius 1 is 0.317 bits per heavy atom. The lowest BCUT2D eigenvalue weighted by Gasteiger charge is -2.18. The molecule has 0 heterocycles. The Morgan fingerprint density at radius 3 is 0.905 bits per heavy atom. The highest BCUT2D eigenvalue weighted by Gasteiger charge is 2.19. The van der Waals surface area contributed by atoms with Gasteiger partial charge in [-0.2, -0.15) is 0 Å². The molecule has 1 atom stereocenters. The van der Waals surface area contributed by atoms with Crippen LogP contribution < -0.4 is 0 Å². The summed E-state index contributed by atoms with van der Waals surface area (Å²) in [5, 5.41) is 0. The largest absolute Gasteiger partial charge is 0.462 e.